The smallest absolute Gasteiger partial charge is 0.156 e. The standard InChI is InChI=1S/C11H15Cl2NO2/c1-7(15)5-14-6-8-3-9(12)11(16-2)10(13)4-8/h3-4,7,14-15H,5-6H2,1-2H3/t7-/m1/s1. The third kappa shape index (κ3) is 3.83. The van der Waals surface area contributed by atoms with E-state index < -0.39 is 0 Å². The number of aliphatic hydroxyl groups excluding tert-OH is 1. The van der Waals surface area contributed by atoms with E-state index in [0.29, 0.717) is 28.9 Å². The Balaban J connectivity index is 2.68. The molecule has 0 amide bonds. The van der Waals surface area contributed by atoms with E-state index in [4.69, 9.17) is 33.0 Å². The van der Waals surface area contributed by atoms with Gasteiger partial charge in [0.2, 0.25) is 0 Å². The van der Waals surface area contributed by atoms with Gasteiger partial charge in [0.05, 0.1) is 23.3 Å². The quantitative estimate of drug-likeness (QED) is 0.858. The monoisotopic (exact) mass is 263 g/mol. The van der Waals surface area contributed by atoms with Gasteiger partial charge in [-0.15, -0.1) is 0 Å². The molecular formula is C11H15Cl2NO2. The zero-order valence-electron chi connectivity index (χ0n) is 9.26. The topological polar surface area (TPSA) is 41.5 Å². The lowest BCUT2D eigenvalue weighted by Gasteiger charge is -2.10. The van der Waals surface area contributed by atoms with E-state index in [1.54, 1.807) is 19.1 Å². The summed E-state index contributed by atoms with van der Waals surface area (Å²) >= 11 is 12.0. The largest absolute Gasteiger partial charge is 0.494 e. The molecule has 0 aromatic heterocycles. The lowest BCUT2D eigenvalue weighted by Crippen LogP contribution is -2.23. The number of hydrogen-bond donors (Lipinski definition) is 2. The fraction of sp³-hybridized carbons (Fsp3) is 0.455. The molecule has 1 aromatic rings. The van der Waals surface area contributed by atoms with E-state index >= 15 is 0 Å². The molecule has 0 aliphatic carbocycles. The summed E-state index contributed by atoms with van der Waals surface area (Å²) in [6, 6.07) is 3.59. The van der Waals surface area contributed by atoms with Crippen LogP contribution in [0.4, 0.5) is 0 Å². The highest BCUT2D eigenvalue weighted by molar-refractivity contribution is 6.37. The molecule has 5 heteroatoms. The maximum absolute atomic E-state index is 9.09. The molecule has 16 heavy (non-hydrogen) atoms. The molecule has 0 saturated heterocycles. The van der Waals surface area contributed by atoms with Gasteiger partial charge in [-0.1, -0.05) is 23.2 Å². The Morgan fingerprint density at radius 1 is 1.38 bits per heavy atom. The highest BCUT2D eigenvalue weighted by Crippen LogP contribution is 2.33. The maximum atomic E-state index is 9.09. The average molecular weight is 264 g/mol. The average Bonchev–Trinajstić information content (AvgIpc) is 2.16. The van der Waals surface area contributed by atoms with Gasteiger partial charge in [-0.2, -0.15) is 0 Å². The van der Waals surface area contributed by atoms with E-state index in [1.807, 2.05) is 0 Å². The van der Waals surface area contributed by atoms with Crippen LogP contribution in [-0.2, 0) is 6.54 Å². The molecule has 1 aromatic carbocycles. The molecule has 2 N–H and O–H groups in total. The molecule has 0 bridgehead atoms. The molecular weight excluding hydrogens is 249 g/mol. The number of rotatable bonds is 5. The predicted octanol–water partition coefficient (Wildman–Crippen LogP) is 2.47. The Morgan fingerprint density at radius 2 is 1.94 bits per heavy atom. The summed E-state index contributed by atoms with van der Waals surface area (Å²) in [5.74, 6) is 0.489. The Bertz CT molecular complexity index is 333. The van der Waals surface area contributed by atoms with Crippen LogP contribution in [0.1, 0.15) is 12.5 Å². The molecule has 0 aliphatic heterocycles. The highest BCUT2D eigenvalue weighted by atomic mass is 35.5. The van der Waals surface area contributed by atoms with Crippen molar-refractivity contribution in [3.63, 3.8) is 0 Å². The van der Waals surface area contributed by atoms with E-state index in [1.165, 1.54) is 7.11 Å². The number of nitrogens with one attached hydrogen (secondary N) is 1. The van der Waals surface area contributed by atoms with Crippen molar-refractivity contribution in [2.45, 2.75) is 19.6 Å². The predicted molar refractivity (Wildman–Crippen MR) is 66.4 cm³/mol. The first-order chi connectivity index (χ1) is 7.54. The second-order valence-electron chi connectivity index (χ2n) is 3.57. The van der Waals surface area contributed by atoms with Crippen molar-refractivity contribution in [1.29, 1.82) is 0 Å². The van der Waals surface area contributed by atoms with Crippen LogP contribution in [0.25, 0.3) is 0 Å². The second kappa shape index (κ2) is 6.30. The van der Waals surface area contributed by atoms with Gasteiger partial charge in [0.25, 0.3) is 0 Å². The number of aliphatic hydroxyl groups is 1. The van der Waals surface area contributed by atoms with Crippen LogP contribution in [0.5, 0.6) is 5.75 Å². The number of halogens is 2. The van der Waals surface area contributed by atoms with Crippen molar-refractivity contribution in [3.05, 3.63) is 27.7 Å². The molecule has 90 valence electrons. The molecule has 0 saturated carbocycles. The van der Waals surface area contributed by atoms with Crippen molar-refractivity contribution in [2.24, 2.45) is 0 Å². The van der Waals surface area contributed by atoms with Gasteiger partial charge in [0.15, 0.2) is 5.75 Å². The Kier molecular flexibility index (Phi) is 5.35. The van der Waals surface area contributed by atoms with Gasteiger partial charge in [-0.25, -0.2) is 0 Å². The zero-order chi connectivity index (χ0) is 12.1. The molecule has 1 atom stereocenters. The second-order valence-corrected chi connectivity index (χ2v) is 4.39. The summed E-state index contributed by atoms with van der Waals surface area (Å²) in [7, 11) is 1.53. The van der Waals surface area contributed by atoms with Crippen molar-refractivity contribution in [2.75, 3.05) is 13.7 Å². The zero-order valence-corrected chi connectivity index (χ0v) is 10.8. The van der Waals surface area contributed by atoms with Gasteiger partial charge in [0, 0.05) is 13.1 Å². The SMILES string of the molecule is COc1c(Cl)cc(CNC[C@@H](C)O)cc1Cl. The van der Waals surface area contributed by atoms with Crippen LogP contribution >= 0.6 is 23.2 Å². The first kappa shape index (κ1) is 13.6. The summed E-state index contributed by atoms with van der Waals surface area (Å²) in [5, 5.41) is 13.2. The van der Waals surface area contributed by atoms with Crippen LogP contribution in [0.15, 0.2) is 12.1 Å². The molecule has 0 spiro atoms. The maximum Gasteiger partial charge on any atom is 0.156 e. The van der Waals surface area contributed by atoms with Crippen LogP contribution < -0.4 is 10.1 Å². The normalized spacial score (nSPS) is 12.6. The van der Waals surface area contributed by atoms with E-state index in [9.17, 15) is 0 Å². The molecule has 1 rings (SSSR count). The summed E-state index contributed by atoms with van der Waals surface area (Å²) in [6.07, 6.45) is -0.371. The molecule has 0 heterocycles. The molecule has 0 fully saturated rings. The minimum atomic E-state index is -0.371. The summed E-state index contributed by atoms with van der Waals surface area (Å²) in [5.41, 5.74) is 0.955. The first-order valence-corrected chi connectivity index (χ1v) is 5.71. The Labute approximate surface area is 105 Å². The summed E-state index contributed by atoms with van der Waals surface area (Å²) in [6.45, 7) is 2.86. The first-order valence-electron chi connectivity index (χ1n) is 4.95. The van der Waals surface area contributed by atoms with Gasteiger partial charge in [-0.05, 0) is 24.6 Å². The van der Waals surface area contributed by atoms with E-state index in [2.05, 4.69) is 5.32 Å². The Hall–Kier alpha value is -0.480. The number of benzene rings is 1. The van der Waals surface area contributed by atoms with Crippen LogP contribution in [-0.4, -0.2) is 24.9 Å². The van der Waals surface area contributed by atoms with Gasteiger partial charge in [-0.3, -0.25) is 0 Å². The van der Waals surface area contributed by atoms with Crippen LogP contribution in [0.3, 0.4) is 0 Å². The number of methoxy groups -OCH3 is 1. The van der Waals surface area contributed by atoms with E-state index in [0.717, 1.165) is 5.56 Å². The molecule has 3 nitrogen and oxygen atoms in total. The van der Waals surface area contributed by atoms with Crippen LogP contribution in [0, 0.1) is 0 Å². The third-order valence-electron chi connectivity index (χ3n) is 2.03. The minimum Gasteiger partial charge on any atom is -0.494 e. The fourth-order valence-electron chi connectivity index (χ4n) is 1.33. The third-order valence-corrected chi connectivity index (χ3v) is 2.59. The van der Waals surface area contributed by atoms with E-state index in [-0.39, 0.29) is 6.10 Å². The van der Waals surface area contributed by atoms with Crippen LogP contribution in [0.2, 0.25) is 10.0 Å². The van der Waals surface area contributed by atoms with Gasteiger partial charge in [0.1, 0.15) is 0 Å². The minimum absolute atomic E-state index is 0.371. The summed E-state index contributed by atoms with van der Waals surface area (Å²) < 4.78 is 5.05. The van der Waals surface area contributed by atoms with Crippen molar-refractivity contribution < 1.29 is 9.84 Å². The van der Waals surface area contributed by atoms with Gasteiger partial charge < -0.3 is 15.2 Å². The lowest BCUT2D eigenvalue weighted by atomic mass is 10.2. The van der Waals surface area contributed by atoms with Crippen molar-refractivity contribution in [3.8, 4) is 5.75 Å². The highest BCUT2D eigenvalue weighted by Gasteiger charge is 2.08. The molecule has 0 aliphatic rings. The fourth-order valence-corrected chi connectivity index (χ4v) is 2.02. The molecule has 0 radical (unpaired) electrons. The van der Waals surface area contributed by atoms with Crippen molar-refractivity contribution >= 4 is 23.2 Å². The number of hydrogen-bond acceptors (Lipinski definition) is 3. The number of ether oxygens (including phenoxy) is 1. The molecule has 0 unspecified atom stereocenters. The Morgan fingerprint density at radius 3 is 2.38 bits per heavy atom. The van der Waals surface area contributed by atoms with Crippen molar-refractivity contribution in [1.82, 2.24) is 5.32 Å². The lowest BCUT2D eigenvalue weighted by molar-refractivity contribution is 0.191. The van der Waals surface area contributed by atoms with Gasteiger partial charge >= 0.3 is 0 Å². The summed E-state index contributed by atoms with van der Waals surface area (Å²) in [4.78, 5) is 0.